The number of hydrogen-bond donors (Lipinski definition) is 1. The summed E-state index contributed by atoms with van der Waals surface area (Å²) in [5.41, 5.74) is 0.792. The highest BCUT2D eigenvalue weighted by Crippen LogP contribution is 2.27. The number of hydrogen-bond acceptors (Lipinski definition) is 4. The van der Waals surface area contributed by atoms with Gasteiger partial charge in [0.2, 0.25) is 0 Å². The van der Waals surface area contributed by atoms with Gasteiger partial charge in [0.1, 0.15) is 6.07 Å². The first kappa shape index (κ1) is 14.1. The zero-order valence-corrected chi connectivity index (χ0v) is 10.6. The maximum atomic E-state index is 12.4. The highest BCUT2D eigenvalue weighted by Gasteiger charge is 2.30. The van der Waals surface area contributed by atoms with Crippen molar-refractivity contribution in [1.29, 1.82) is 5.26 Å². The summed E-state index contributed by atoms with van der Waals surface area (Å²) in [6.45, 7) is 1.41. The second-order valence-electron chi connectivity index (χ2n) is 4.42. The van der Waals surface area contributed by atoms with Gasteiger partial charge in [0.05, 0.1) is 17.6 Å². The predicted molar refractivity (Wildman–Crippen MR) is 68.0 cm³/mol. The minimum atomic E-state index is -4.27. The summed E-state index contributed by atoms with van der Waals surface area (Å²) in [6, 6.07) is 7.81. The Hall–Kier alpha value is -2.36. The summed E-state index contributed by atoms with van der Waals surface area (Å²) in [7, 11) is 0. The van der Waals surface area contributed by atoms with E-state index in [1.54, 1.807) is 24.3 Å². The molecule has 4 nitrogen and oxygen atoms in total. The summed E-state index contributed by atoms with van der Waals surface area (Å²) in [5.74, 6) is 0. The lowest BCUT2D eigenvalue weighted by Crippen LogP contribution is -2.24. The molecule has 1 heterocycles. The van der Waals surface area contributed by atoms with Crippen LogP contribution in [0.1, 0.15) is 19.0 Å². The number of nitrogens with one attached hydrogen (secondary N) is 1. The fourth-order valence-corrected chi connectivity index (χ4v) is 1.92. The number of fused-ring (bicyclic) bond motifs is 1. The molecule has 0 aliphatic rings. The summed E-state index contributed by atoms with van der Waals surface area (Å²) >= 11 is 0. The van der Waals surface area contributed by atoms with Gasteiger partial charge in [-0.25, -0.2) is 0 Å². The van der Waals surface area contributed by atoms with E-state index in [-0.39, 0.29) is 11.4 Å². The van der Waals surface area contributed by atoms with Crippen molar-refractivity contribution in [1.82, 2.24) is 10.2 Å². The van der Waals surface area contributed by atoms with Crippen LogP contribution in [0.25, 0.3) is 10.9 Å². The highest BCUT2D eigenvalue weighted by molar-refractivity contribution is 5.92. The zero-order valence-electron chi connectivity index (χ0n) is 10.6. The molecular formula is C13H11F3N4. The summed E-state index contributed by atoms with van der Waals surface area (Å²) < 4.78 is 37.1. The summed E-state index contributed by atoms with van der Waals surface area (Å²) in [6.07, 6.45) is -5.26. The Morgan fingerprint density at radius 2 is 2.00 bits per heavy atom. The van der Waals surface area contributed by atoms with E-state index in [2.05, 4.69) is 15.5 Å². The Bertz CT molecular complexity index is 661. The van der Waals surface area contributed by atoms with Crippen molar-refractivity contribution in [2.45, 2.75) is 25.6 Å². The van der Waals surface area contributed by atoms with Gasteiger partial charge in [-0.1, -0.05) is 18.2 Å². The first-order valence-electron chi connectivity index (χ1n) is 5.89. The van der Waals surface area contributed by atoms with Crippen LogP contribution in [-0.4, -0.2) is 22.4 Å². The molecule has 0 radical (unpaired) electrons. The lowest BCUT2D eigenvalue weighted by molar-refractivity contribution is -0.136. The third-order valence-electron chi connectivity index (χ3n) is 2.70. The van der Waals surface area contributed by atoms with Crippen LogP contribution in [-0.2, 0) is 0 Å². The lowest BCUT2D eigenvalue weighted by atomic mass is 10.1. The molecule has 0 saturated carbocycles. The molecule has 2 aromatic rings. The van der Waals surface area contributed by atoms with Gasteiger partial charge in [-0.2, -0.15) is 18.4 Å². The number of anilines is 1. The van der Waals surface area contributed by atoms with Crippen LogP contribution in [0.2, 0.25) is 0 Å². The standard InChI is InChI=1S/C13H11F3N4/c1-8(6-13(14,15)16)18-12-9-4-2-3-5-10(9)19-20-11(12)7-17/h2-5,8H,6H2,1H3,(H,18,19). The van der Waals surface area contributed by atoms with E-state index >= 15 is 0 Å². The van der Waals surface area contributed by atoms with Gasteiger partial charge >= 0.3 is 6.18 Å². The molecule has 0 aliphatic heterocycles. The molecule has 2 rings (SSSR count). The van der Waals surface area contributed by atoms with Crippen LogP contribution < -0.4 is 5.32 Å². The molecular weight excluding hydrogens is 269 g/mol. The Labute approximate surface area is 113 Å². The molecule has 1 unspecified atom stereocenters. The van der Waals surface area contributed by atoms with Crippen molar-refractivity contribution < 1.29 is 13.2 Å². The minimum Gasteiger partial charge on any atom is -0.379 e. The fraction of sp³-hybridized carbons (Fsp3) is 0.308. The first-order valence-corrected chi connectivity index (χ1v) is 5.89. The molecule has 7 heteroatoms. The third kappa shape index (κ3) is 3.15. The normalized spacial score (nSPS) is 12.9. The number of nitrogens with zero attached hydrogens (tertiary/aromatic N) is 3. The van der Waals surface area contributed by atoms with Gasteiger partial charge in [0, 0.05) is 11.4 Å². The highest BCUT2D eigenvalue weighted by atomic mass is 19.4. The third-order valence-corrected chi connectivity index (χ3v) is 2.70. The van der Waals surface area contributed by atoms with E-state index in [9.17, 15) is 13.2 Å². The average Bonchev–Trinajstić information content (AvgIpc) is 2.37. The molecule has 1 aromatic heterocycles. The molecule has 0 bridgehead atoms. The van der Waals surface area contributed by atoms with Crippen LogP contribution in [0.3, 0.4) is 0 Å². The van der Waals surface area contributed by atoms with E-state index in [1.165, 1.54) is 6.92 Å². The first-order chi connectivity index (χ1) is 9.40. The minimum absolute atomic E-state index is 0.0160. The number of rotatable bonds is 3. The molecule has 104 valence electrons. The van der Waals surface area contributed by atoms with E-state index < -0.39 is 18.6 Å². The van der Waals surface area contributed by atoms with Gasteiger partial charge < -0.3 is 5.32 Å². The smallest absolute Gasteiger partial charge is 0.379 e. The van der Waals surface area contributed by atoms with Crippen LogP contribution in [0.15, 0.2) is 24.3 Å². The number of halogens is 3. The monoisotopic (exact) mass is 280 g/mol. The number of benzene rings is 1. The predicted octanol–water partition coefficient (Wildman–Crippen LogP) is 3.25. The molecule has 20 heavy (non-hydrogen) atoms. The Morgan fingerprint density at radius 1 is 1.30 bits per heavy atom. The maximum Gasteiger partial charge on any atom is 0.391 e. The van der Waals surface area contributed by atoms with Crippen molar-refractivity contribution in [2.24, 2.45) is 0 Å². The average molecular weight is 280 g/mol. The van der Waals surface area contributed by atoms with Gasteiger partial charge in [-0.05, 0) is 13.0 Å². The van der Waals surface area contributed by atoms with Crippen LogP contribution in [0, 0.1) is 11.3 Å². The van der Waals surface area contributed by atoms with E-state index in [4.69, 9.17) is 5.26 Å². The second-order valence-corrected chi connectivity index (χ2v) is 4.42. The summed E-state index contributed by atoms with van der Waals surface area (Å²) in [4.78, 5) is 0. The molecule has 1 N–H and O–H groups in total. The lowest BCUT2D eigenvalue weighted by Gasteiger charge is -2.18. The largest absolute Gasteiger partial charge is 0.391 e. The van der Waals surface area contributed by atoms with Crippen molar-refractivity contribution in [2.75, 3.05) is 5.32 Å². The van der Waals surface area contributed by atoms with Crippen molar-refractivity contribution in [3.63, 3.8) is 0 Å². The molecule has 0 aliphatic carbocycles. The summed E-state index contributed by atoms with van der Waals surface area (Å²) in [5, 5.41) is 19.9. The van der Waals surface area contributed by atoms with E-state index in [1.807, 2.05) is 6.07 Å². The molecule has 0 fully saturated rings. The Balaban J connectivity index is 2.40. The zero-order chi connectivity index (χ0) is 14.8. The van der Waals surface area contributed by atoms with Gasteiger partial charge in [0.15, 0.2) is 5.69 Å². The van der Waals surface area contributed by atoms with Crippen molar-refractivity contribution in [3.8, 4) is 6.07 Å². The van der Waals surface area contributed by atoms with E-state index in [0.717, 1.165) is 0 Å². The van der Waals surface area contributed by atoms with Crippen LogP contribution in [0.5, 0.6) is 0 Å². The molecule has 0 spiro atoms. The van der Waals surface area contributed by atoms with Crippen LogP contribution in [0.4, 0.5) is 18.9 Å². The number of nitriles is 1. The van der Waals surface area contributed by atoms with Crippen molar-refractivity contribution >= 4 is 16.6 Å². The SMILES string of the molecule is CC(CC(F)(F)F)Nc1c(C#N)nnc2ccccc12. The Morgan fingerprint density at radius 3 is 2.65 bits per heavy atom. The topological polar surface area (TPSA) is 61.6 Å². The van der Waals surface area contributed by atoms with Gasteiger partial charge in [-0.3, -0.25) is 0 Å². The Kier molecular flexibility index (Phi) is 3.74. The van der Waals surface area contributed by atoms with Crippen LogP contribution >= 0.6 is 0 Å². The van der Waals surface area contributed by atoms with Gasteiger partial charge in [-0.15, -0.1) is 10.2 Å². The maximum absolute atomic E-state index is 12.4. The van der Waals surface area contributed by atoms with Gasteiger partial charge in [0.25, 0.3) is 0 Å². The molecule has 0 amide bonds. The molecule has 1 atom stereocenters. The fourth-order valence-electron chi connectivity index (χ4n) is 1.92. The second kappa shape index (κ2) is 5.33. The number of alkyl halides is 3. The number of aromatic nitrogens is 2. The van der Waals surface area contributed by atoms with E-state index in [0.29, 0.717) is 10.9 Å². The van der Waals surface area contributed by atoms with Crippen molar-refractivity contribution in [3.05, 3.63) is 30.0 Å². The molecule has 0 saturated heterocycles. The quantitative estimate of drug-likeness (QED) is 0.937. The molecule has 1 aromatic carbocycles.